The molecular formula is C14H24N4O2. The highest BCUT2D eigenvalue weighted by atomic mass is 16.5. The molecule has 0 bridgehead atoms. The Morgan fingerprint density at radius 2 is 1.95 bits per heavy atom. The van der Waals surface area contributed by atoms with Crippen LogP contribution in [0.2, 0.25) is 0 Å². The average molecular weight is 280 g/mol. The fraction of sp³-hybridized carbons (Fsp3) is 0.714. The summed E-state index contributed by atoms with van der Waals surface area (Å²) in [5.41, 5.74) is 0.878. The van der Waals surface area contributed by atoms with E-state index in [4.69, 9.17) is 9.47 Å². The molecule has 112 valence electrons. The van der Waals surface area contributed by atoms with E-state index in [1.165, 1.54) is 6.33 Å². The lowest BCUT2D eigenvalue weighted by atomic mass is 9.94. The largest absolute Gasteiger partial charge is 0.481 e. The van der Waals surface area contributed by atoms with Crippen molar-refractivity contribution in [3.8, 4) is 11.8 Å². The van der Waals surface area contributed by atoms with Crippen LogP contribution < -0.4 is 14.8 Å². The number of hydrogen-bond donors (Lipinski definition) is 1. The molecule has 0 aliphatic carbocycles. The highest BCUT2D eigenvalue weighted by molar-refractivity contribution is 5.34. The minimum atomic E-state index is 0.501. The summed E-state index contributed by atoms with van der Waals surface area (Å²) in [5.74, 6) is 1.77. The molecule has 6 heteroatoms. The van der Waals surface area contributed by atoms with Gasteiger partial charge in [-0.15, -0.1) is 0 Å². The first kappa shape index (κ1) is 15.0. The van der Waals surface area contributed by atoms with Crippen molar-refractivity contribution in [2.45, 2.75) is 25.9 Å². The summed E-state index contributed by atoms with van der Waals surface area (Å²) in [4.78, 5) is 10.6. The molecule has 1 aliphatic rings. The molecule has 1 aromatic rings. The Morgan fingerprint density at radius 3 is 2.50 bits per heavy atom. The summed E-state index contributed by atoms with van der Waals surface area (Å²) in [7, 11) is 5.40. The molecular weight excluding hydrogens is 256 g/mol. The molecule has 1 N–H and O–H groups in total. The summed E-state index contributed by atoms with van der Waals surface area (Å²) in [6.45, 7) is 5.19. The molecule has 2 rings (SSSR count). The van der Waals surface area contributed by atoms with E-state index in [1.54, 1.807) is 14.2 Å². The van der Waals surface area contributed by atoms with Gasteiger partial charge in [-0.1, -0.05) is 6.92 Å². The number of methoxy groups -OCH3 is 2. The van der Waals surface area contributed by atoms with Crippen LogP contribution in [0.1, 0.15) is 18.9 Å². The van der Waals surface area contributed by atoms with Crippen molar-refractivity contribution in [1.82, 2.24) is 20.2 Å². The SMILES string of the molecule is COc1ncnc(OC)c1CNC1CCN(C)CC1C. The number of rotatable bonds is 5. The van der Waals surface area contributed by atoms with Crippen LogP contribution in [0.4, 0.5) is 0 Å². The second-order valence-electron chi connectivity index (χ2n) is 5.39. The van der Waals surface area contributed by atoms with Crippen molar-refractivity contribution in [2.24, 2.45) is 5.92 Å². The Hall–Kier alpha value is -1.40. The molecule has 1 fully saturated rings. The maximum atomic E-state index is 5.29. The van der Waals surface area contributed by atoms with Crippen molar-refractivity contribution in [1.29, 1.82) is 0 Å². The third kappa shape index (κ3) is 3.37. The third-order valence-electron chi connectivity index (χ3n) is 3.90. The van der Waals surface area contributed by atoms with Gasteiger partial charge in [0.15, 0.2) is 0 Å². The molecule has 2 heterocycles. The van der Waals surface area contributed by atoms with Gasteiger partial charge in [-0.3, -0.25) is 0 Å². The van der Waals surface area contributed by atoms with Crippen LogP contribution in [0.5, 0.6) is 11.8 Å². The highest BCUT2D eigenvalue weighted by Gasteiger charge is 2.24. The van der Waals surface area contributed by atoms with Crippen molar-refractivity contribution in [3.63, 3.8) is 0 Å². The van der Waals surface area contributed by atoms with Gasteiger partial charge in [0.25, 0.3) is 0 Å². The third-order valence-corrected chi connectivity index (χ3v) is 3.90. The van der Waals surface area contributed by atoms with Gasteiger partial charge in [0.1, 0.15) is 6.33 Å². The van der Waals surface area contributed by atoms with Crippen molar-refractivity contribution in [3.05, 3.63) is 11.9 Å². The van der Waals surface area contributed by atoms with Gasteiger partial charge < -0.3 is 19.7 Å². The van der Waals surface area contributed by atoms with Crippen molar-refractivity contribution >= 4 is 0 Å². The second-order valence-corrected chi connectivity index (χ2v) is 5.39. The number of nitrogens with zero attached hydrogens (tertiary/aromatic N) is 3. The lowest BCUT2D eigenvalue weighted by molar-refractivity contribution is 0.173. The van der Waals surface area contributed by atoms with Crippen molar-refractivity contribution in [2.75, 3.05) is 34.4 Å². The van der Waals surface area contributed by atoms with Crippen LogP contribution in [0.15, 0.2) is 6.33 Å². The summed E-state index contributed by atoms with van der Waals surface area (Å²) in [5, 5.41) is 3.59. The number of piperidine rings is 1. The zero-order valence-corrected chi connectivity index (χ0v) is 12.7. The maximum Gasteiger partial charge on any atom is 0.224 e. The van der Waals surface area contributed by atoms with Gasteiger partial charge in [-0.2, -0.15) is 0 Å². The normalized spacial score (nSPS) is 23.6. The Balaban J connectivity index is 2.03. The minimum absolute atomic E-state index is 0.501. The molecule has 0 radical (unpaired) electrons. The zero-order chi connectivity index (χ0) is 14.5. The Morgan fingerprint density at radius 1 is 1.30 bits per heavy atom. The average Bonchev–Trinajstić information content (AvgIpc) is 2.46. The van der Waals surface area contributed by atoms with Crippen LogP contribution in [-0.4, -0.2) is 55.3 Å². The topological polar surface area (TPSA) is 59.5 Å². The Bertz CT molecular complexity index is 419. The number of likely N-dealkylation sites (tertiary alicyclic amines) is 1. The number of hydrogen-bond acceptors (Lipinski definition) is 6. The van der Waals surface area contributed by atoms with Gasteiger partial charge in [0.2, 0.25) is 11.8 Å². The number of aromatic nitrogens is 2. The van der Waals surface area contributed by atoms with E-state index >= 15 is 0 Å². The molecule has 2 atom stereocenters. The molecule has 0 amide bonds. The maximum absolute atomic E-state index is 5.29. The van der Waals surface area contributed by atoms with E-state index in [1.807, 2.05) is 0 Å². The van der Waals surface area contributed by atoms with Gasteiger partial charge in [0, 0.05) is 19.1 Å². The van der Waals surface area contributed by atoms with Gasteiger partial charge >= 0.3 is 0 Å². The smallest absolute Gasteiger partial charge is 0.224 e. The second kappa shape index (κ2) is 6.85. The lowest BCUT2D eigenvalue weighted by Gasteiger charge is -2.35. The minimum Gasteiger partial charge on any atom is -0.481 e. The van der Waals surface area contributed by atoms with E-state index < -0.39 is 0 Å². The molecule has 1 aromatic heterocycles. The van der Waals surface area contributed by atoms with Gasteiger partial charge in [-0.25, -0.2) is 9.97 Å². The first-order valence-electron chi connectivity index (χ1n) is 6.99. The number of ether oxygens (including phenoxy) is 2. The van der Waals surface area contributed by atoms with Crippen molar-refractivity contribution < 1.29 is 9.47 Å². The standard InChI is InChI=1S/C14H24N4O2/c1-10-8-18(2)6-5-12(10)15-7-11-13(19-3)16-9-17-14(11)20-4/h9-10,12,15H,5-8H2,1-4H3. The quantitative estimate of drug-likeness (QED) is 0.865. The molecule has 2 unspecified atom stereocenters. The Labute approximate surface area is 120 Å². The van der Waals surface area contributed by atoms with E-state index in [-0.39, 0.29) is 0 Å². The molecule has 20 heavy (non-hydrogen) atoms. The number of nitrogens with one attached hydrogen (secondary N) is 1. The fourth-order valence-electron chi connectivity index (χ4n) is 2.77. The highest BCUT2D eigenvalue weighted by Crippen LogP contribution is 2.24. The molecule has 0 saturated carbocycles. The Kier molecular flexibility index (Phi) is 5.14. The van der Waals surface area contributed by atoms with Crippen LogP contribution in [0.3, 0.4) is 0 Å². The van der Waals surface area contributed by atoms with Crippen LogP contribution in [-0.2, 0) is 6.54 Å². The predicted molar refractivity (Wildman–Crippen MR) is 77.0 cm³/mol. The van der Waals surface area contributed by atoms with Crippen LogP contribution >= 0.6 is 0 Å². The first-order chi connectivity index (χ1) is 9.65. The summed E-state index contributed by atoms with van der Waals surface area (Å²) in [6, 6.07) is 0.501. The van der Waals surface area contributed by atoms with E-state index in [2.05, 4.69) is 34.2 Å². The predicted octanol–water partition coefficient (Wildman–Crippen LogP) is 0.924. The van der Waals surface area contributed by atoms with Crippen LogP contribution in [0.25, 0.3) is 0 Å². The van der Waals surface area contributed by atoms with Crippen LogP contribution in [0, 0.1) is 5.92 Å². The molecule has 1 aliphatic heterocycles. The van der Waals surface area contributed by atoms with E-state index in [0.717, 1.165) is 25.1 Å². The lowest BCUT2D eigenvalue weighted by Crippen LogP contribution is -2.46. The molecule has 6 nitrogen and oxygen atoms in total. The molecule has 0 spiro atoms. The monoisotopic (exact) mass is 280 g/mol. The molecule has 0 aromatic carbocycles. The molecule has 1 saturated heterocycles. The van der Waals surface area contributed by atoms with E-state index in [9.17, 15) is 0 Å². The summed E-state index contributed by atoms with van der Waals surface area (Å²) < 4.78 is 10.6. The fourth-order valence-corrected chi connectivity index (χ4v) is 2.77. The summed E-state index contributed by atoms with van der Waals surface area (Å²) in [6.07, 6.45) is 2.61. The van der Waals surface area contributed by atoms with E-state index in [0.29, 0.717) is 30.3 Å². The summed E-state index contributed by atoms with van der Waals surface area (Å²) >= 11 is 0. The zero-order valence-electron chi connectivity index (χ0n) is 12.7. The van der Waals surface area contributed by atoms with Gasteiger partial charge in [-0.05, 0) is 25.9 Å². The van der Waals surface area contributed by atoms with Gasteiger partial charge in [0.05, 0.1) is 19.8 Å². The first-order valence-corrected chi connectivity index (χ1v) is 6.99.